The molecule has 7 nitrogen and oxygen atoms in total. The SMILES string of the molecule is COc1ccc(CCn2c(=N)c(C#N)cc3c(=O)n4ccccc4nc32)cc1. The molecular weight excluding hydrogens is 354 g/mol. The number of aryl methyl sites for hydroxylation is 2. The van der Waals surface area contributed by atoms with Gasteiger partial charge in [-0.05, 0) is 42.3 Å². The summed E-state index contributed by atoms with van der Waals surface area (Å²) in [6, 6.07) is 16.4. The van der Waals surface area contributed by atoms with Crippen LogP contribution < -0.4 is 15.8 Å². The van der Waals surface area contributed by atoms with Crippen molar-refractivity contribution in [2.45, 2.75) is 13.0 Å². The van der Waals surface area contributed by atoms with Gasteiger partial charge in [-0.2, -0.15) is 5.26 Å². The van der Waals surface area contributed by atoms with Crippen molar-refractivity contribution >= 4 is 16.7 Å². The van der Waals surface area contributed by atoms with Crippen molar-refractivity contribution in [3.05, 3.63) is 81.7 Å². The van der Waals surface area contributed by atoms with Crippen molar-refractivity contribution < 1.29 is 4.74 Å². The van der Waals surface area contributed by atoms with Gasteiger partial charge in [0.25, 0.3) is 5.56 Å². The minimum absolute atomic E-state index is 0.0516. The largest absolute Gasteiger partial charge is 0.497 e. The van der Waals surface area contributed by atoms with Crippen LogP contribution >= 0.6 is 0 Å². The lowest BCUT2D eigenvalue weighted by Crippen LogP contribution is -2.28. The van der Waals surface area contributed by atoms with Crippen LogP contribution in [-0.4, -0.2) is 21.1 Å². The van der Waals surface area contributed by atoms with Gasteiger partial charge in [-0.25, -0.2) is 4.98 Å². The number of fused-ring (bicyclic) bond motifs is 2. The first-order valence-electron chi connectivity index (χ1n) is 8.75. The van der Waals surface area contributed by atoms with Gasteiger partial charge >= 0.3 is 0 Å². The van der Waals surface area contributed by atoms with E-state index in [4.69, 9.17) is 10.1 Å². The Bertz CT molecular complexity index is 1340. The molecule has 3 heterocycles. The molecule has 7 heteroatoms. The quantitative estimate of drug-likeness (QED) is 0.557. The van der Waals surface area contributed by atoms with Crippen LogP contribution in [0.25, 0.3) is 16.7 Å². The lowest BCUT2D eigenvalue weighted by atomic mass is 10.1. The van der Waals surface area contributed by atoms with Crippen LogP contribution in [0.2, 0.25) is 0 Å². The molecule has 1 aromatic carbocycles. The summed E-state index contributed by atoms with van der Waals surface area (Å²) in [5.74, 6) is 0.774. The molecule has 28 heavy (non-hydrogen) atoms. The average molecular weight is 371 g/mol. The topological polar surface area (TPSA) is 96.2 Å². The second-order valence-electron chi connectivity index (χ2n) is 6.35. The van der Waals surface area contributed by atoms with Crippen LogP contribution in [0.3, 0.4) is 0 Å². The van der Waals surface area contributed by atoms with E-state index in [9.17, 15) is 10.1 Å². The Labute approximate surface area is 160 Å². The maximum Gasteiger partial charge on any atom is 0.267 e. The first kappa shape index (κ1) is 17.5. The summed E-state index contributed by atoms with van der Waals surface area (Å²) in [6.07, 6.45) is 2.27. The number of rotatable bonds is 4. The van der Waals surface area contributed by atoms with Crippen molar-refractivity contribution in [3.63, 3.8) is 0 Å². The molecule has 0 saturated heterocycles. The van der Waals surface area contributed by atoms with E-state index in [1.807, 2.05) is 30.3 Å². The Kier molecular flexibility index (Phi) is 4.38. The van der Waals surface area contributed by atoms with Gasteiger partial charge in [0.15, 0.2) is 0 Å². The van der Waals surface area contributed by atoms with E-state index in [1.54, 1.807) is 36.1 Å². The summed E-state index contributed by atoms with van der Waals surface area (Å²) in [5, 5.41) is 18.2. The van der Waals surface area contributed by atoms with Crippen LogP contribution in [0.15, 0.2) is 59.5 Å². The summed E-state index contributed by atoms with van der Waals surface area (Å²) < 4.78 is 8.25. The highest BCUT2D eigenvalue weighted by Gasteiger charge is 2.13. The molecule has 0 radical (unpaired) electrons. The Morgan fingerprint density at radius 1 is 1.21 bits per heavy atom. The predicted octanol–water partition coefficient (Wildman–Crippen LogP) is 2.25. The van der Waals surface area contributed by atoms with Crippen LogP contribution in [0.5, 0.6) is 5.75 Å². The number of nitrogens with zero attached hydrogens (tertiary/aromatic N) is 4. The maximum absolute atomic E-state index is 12.9. The number of nitrogens with one attached hydrogen (secondary N) is 1. The highest BCUT2D eigenvalue weighted by Crippen LogP contribution is 2.14. The molecule has 0 saturated carbocycles. The summed E-state index contributed by atoms with van der Waals surface area (Å²) >= 11 is 0. The molecule has 0 bridgehead atoms. The first-order chi connectivity index (χ1) is 13.6. The summed E-state index contributed by atoms with van der Waals surface area (Å²) in [5.41, 5.74) is 1.92. The molecule has 4 rings (SSSR count). The van der Waals surface area contributed by atoms with E-state index in [1.165, 1.54) is 10.5 Å². The van der Waals surface area contributed by atoms with Gasteiger partial charge in [0.2, 0.25) is 0 Å². The molecule has 0 aliphatic heterocycles. The molecule has 0 amide bonds. The third-order valence-corrected chi connectivity index (χ3v) is 4.72. The zero-order chi connectivity index (χ0) is 19.7. The lowest BCUT2D eigenvalue weighted by molar-refractivity contribution is 0.414. The van der Waals surface area contributed by atoms with E-state index in [0.29, 0.717) is 29.6 Å². The number of benzene rings is 1. The number of hydrogen-bond donors (Lipinski definition) is 1. The van der Waals surface area contributed by atoms with Gasteiger partial charge in [-0.1, -0.05) is 18.2 Å². The van der Waals surface area contributed by atoms with Crippen LogP contribution in [-0.2, 0) is 13.0 Å². The molecular formula is C21H17N5O2. The van der Waals surface area contributed by atoms with E-state index >= 15 is 0 Å². The zero-order valence-corrected chi connectivity index (χ0v) is 15.2. The van der Waals surface area contributed by atoms with Gasteiger partial charge in [0, 0.05) is 12.7 Å². The average Bonchev–Trinajstić information content (AvgIpc) is 2.73. The van der Waals surface area contributed by atoms with Gasteiger partial charge in [-0.3, -0.25) is 14.6 Å². The standard InChI is InChI=1S/C21H17N5O2/c1-28-16-7-5-14(6-8-16)9-11-26-19(23)15(13-22)12-17-20(26)24-18-4-2-3-10-25(18)21(17)27/h2-8,10,12,23H,9,11H2,1H3. The molecule has 138 valence electrons. The smallest absolute Gasteiger partial charge is 0.267 e. The van der Waals surface area contributed by atoms with Crippen LogP contribution in [0.1, 0.15) is 11.1 Å². The third-order valence-electron chi connectivity index (χ3n) is 4.72. The van der Waals surface area contributed by atoms with Crippen LogP contribution in [0.4, 0.5) is 0 Å². The van der Waals surface area contributed by atoms with Crippen molar-refractivity contribution in [2.24, 2.45) is 0 Å². The van der Waals surface area contributed by atoms with E-state index in [2.05, 4.69) is 4.98 Å². The predicted molar refractivity (Wildman–Crippen MR) is 104 cm³/mol. The molecule has 0 aliphatic rings. The van der Waals surface area contributed by atoms with Crippen LogP contribution in [0, 0.1) is 16.7 Å². The van der Waals surface area contributed by atoms with Gasteiger partial charge in [0.05, 0.1) is 18.1 Å². The highest BCUT2D eigenvalue weighted by atomic mass is 16.5. The fourth-order valence-corrected chi connectivity index (χ4v) is 3.22. The number of hydrogen-bond acceptors (Lipinski definition) is 5. The summed E-state index contributed by atoms with van der Waals surface area (Å²) in [4.78, 5) is 17.5. The minimum Gasteiger partial charge on any atom is -0.497 e. The molecule has 0 atom stereocenters. The molecule has 4 aromatic rings. The Balaban J connectivity index is 1.87. The maximum atomic E-state index is 12.9. The molecule has 0 spiro atoms. The van der Waals surface area contributed by atoms with Gasteiger partial charge in [-0.15, -0.1) is 0 Å². The van der Waals surface area contributed by atoms with Crippen molar-refractivity contribution in [1.29, 1.82) is 10.7 Å². The molecule has 0 unspecified atom stereocenters. The number of nitriles is 1. The molecule has 3 aromatic heterocycles. The van der Waals surface area contributed by atoms with E-state index in [-0.39, 0.29) is 16.6 Å². The Hall–Kier alpha value is -3.92. The van der Waals surface area contributed by atoms with Crippen molar-refractivity contribution in [1.82, 2.24) is 14.0 Å². The second kappa shape index (κ2) is 7.00. The number of pyridine rings is 2. The summed E-state index contributed by atoms with van der Waals surface area (Å²) in [7, 11) is 1.62. The fraction of sp³-hybridized carbons (Fsp3) is 0.143. The van der Waals surface area contributed by atoms with Crippen molar-refractivity contribution in [3.8, 4) is 11.8 Å². The van der Waals surface area contributed by atoms with Gasteiger partial charge in [0.1, 0.15) is 28.6 Å². The van der Waals surface area contributed by atoms with E-state index < -0.39 is 0 Å². The number of methoxy groups -OCH3 is 1. The van der Waals surface area contributed by atoms with Crippen molar-refractivity contribution in [2.75, 3.05) is 7.11 Å². The lowest BCUT2D eigenvalue weighted by Gasteiger charge is -2.13. The Morgan fingerprint density at radius 2 is 2.00 bits per heavy atom. The van der Waals surface area contributed by atoms with Gasteiger partial charge < -0.3 is 9.30 Å². The second-order valence-corrected chi connectivity index (χ2v) is 6.35. The monoisotopic (exact) mass is 371 g/mol. The molecule has 0 fully saturated rings. The Morgan fingerprint density at radius 3 is 2.71 bits per heavy atom. The third kappa shape index (κ3) is 2.91. The normalized spacial score (nSPS) is 10.9. The summed E-state index contributed by atoms with van der Waals surface area (Å²) in [6.45, 7) is 0.423. The number of aromatic nitrogens is 3. The molecule has 1 N–H and O–H groups in total. The molecule has 0 aliphatic carbocycles. The minimum atomic E-state index is -0.254. The zero-order valence-electron chi connectivity index (χ0n) is 15.2. The first-order valence-corrected chi connectivity index (χ1v) is 8.75. The fourth-order valence-electron chi connectivity index (χ4n) is 3.22. The van der Waals surface area contributed by atoms with E-state index in [0.717, 1.165) is 11.3 Å². The number of ether oxygens (including phenoxy) is 1. The highest BCUT2D eigenvalue weighted by molar-refractivity contribution is 5.77.